The Balaban J connectivity index is 2.24. The van der Waals surface area contributed by atoms with Gasteiger partial charge in [-0.05, 0) is 5.56 Å². The van der Waals surface area contributed by atoms with Gasteiger partial charge in [0.05, 0.1) is 0 Å². The number of halogens is 5. The summed E-state index contributed by atoms with van der Waals surface area (Å²) >= 11 is 0. The van der Waals surface area contributed by atoms with Gasteiger partial charge in [-0.3, -0.25) is 4.79 Å². The fourth-order valence-corrected chi connectivity index (χ4v) is 3.13. The van der Waals surface area contributed by atoms with E-state index in [0.717, 1.165) is 0 Å². The lowest BCUT2D eigenvalue weighted by atomic mass is 10.2. The fraction of sp³-hybridized carbons (Fsp3) is 0.133. The molecule has 0 amide bonds. The van der Waals surface area contributed by atoms with Crippen LogP contribution in [-0.2, 0) is 26.0 Å². The number of rotatable bonds is 5. The number of hydrogen-bond acceptors (Lipinski definition) is 4. The molecule has 0 spiro atoms. The minimum Gasteiger partial charge on any atom is -0.460 e. The maximum Gasteiger partial charge on any atom is 0.321 e. The first-order valence-corrected chi connectivity index (χ1v) is 8.24. The topological polar surface area (TPSA) is 60.4 Å². The van der Waals surface area contributed by atoms with E-state index in [1.54, 1.807) is 30.3 Å². The van der Waals surface area contributed by atoms with Crippen molar-refractivity contribution in [2.24, 2.45) is 0 Å². The lowest BCUT2D eigenvalue weighted by Crippen LogP contribution is -2.22. The van der Waals surface area contributed by atoms with E-state index in [0.29, 0.717) is 5.56 Å². The summed E-state index contributed by atoms with van der Waals surface area (Å²) in [6.45, 7) is -0.327. The first kappa shape index (κ1) is 18.8. The summed E-state index contributed by atoms with van der Waals surface area (Å²) in [5.74, 6) is -15.4. The van der Waals surface area contributed by atoms with Crippen molar-refractivity contribution in [3.05, 3.63) is 65.0 Å². The summed E-state index contributed by atoms with van der Waals surface area (Å²) in [7, 11) is -5.16. The van der Waals surface area contributed by atoms with Gasteiger partial charge in [0, 0.05) is 0 Å². The summed E-state index contributed by atoms with van der Waals surface area (Å²) < 4.78 is 94.6. The molecule has 2 aromatic carbocycles. The van der Waals surface area contributed by atoms with E-state index in [-0.39, 0.29) is 6.61 Å². The second-order valence-corrected chi connectivity index (χ2v) is 6.73. The van der Waals surface area contributed by atoms with Crippen LogP contribution in [0.4, 0.5) is 22.0 Å². The molecule has 0 aliphatic heterocycles. The number of ether oxygens (including phenoxy) is 1. The molecule has 0 atom stereocenters. The van der Waals surface area contributed by atoms with E-state index in [2.05, 4.69) is 4.74 Å². The molecule has 134 valence electrons. The van der Waals surface area contributed by atoms with Gasteiger partial charge in [0.25, 0.3) is 0 Å². The third kappa shape index (κ3) is 3.95. The van der Waals surface area contributed by atoms with Crippen molar-refractivity contribution >= 4 is 15.8 Å². The van der Waals surface area contributed by atoms with Crippen LogP contribution in [0.15, 0.2) is 35.2 Å². The van der Waals surface area contributed by atoms with Gasteiger partial charge in [-0.25, -0.2) is 30.4 Å². The Hall–Kier alpha value is -2.49. The van der Waals surface area contributed by atoms with Crippen LogP contribution >= 0.6 is 0 Å². The quantitative estimate of drug-likeness (QED) is 0.263. The lowest BCUT2D eigenvalue weighted by Gasteiger charge is -2.09. The summed E-state index contributed by atoms with van der Waals surface area (Å²) in [5.41, 5.74) is 0.504. The van der Waals surface area contributed by atoms with Gasteiger partial charge in [-0.15, -0.1) is 0 Å². The molecule has 2 aromatic rings. The molecule has 0 bridgehead atoms. The zero-order chi connectivity index (χ0) is 18.8. The second-order valence-electron chi connectivity index (χ2n) is 4.80. The second kappa shape index (κ2) is 7.18. The van der Waals surface area contributed by atoms with Crippen LogP contribution in [0, 0.1) is 29.1 Å². The highest BCUT2D eigenvalue weighted by Crippen LogP contribution is 2.27. The molecule has 25 heavy (non-hydrogen) atoms. The van der Waals surface area contributed by atoms with Gasteiger partial charge in [-0.1, -0.05) is 30.3 Å². The van der Waals surface area contributed by atoms with E-state index in [4.69, 9.17) is 0 Å². The Kier molecular flexibility index (Phi) is 5.41. The van der Waals surface area contributed by atoms with Gasteiger partial charge >= 0.3 is 5.97 Å². The fourth-order valence-electron chi connectivity index (χ4n) is 1.86. The average Bonchev–Trinajstić information content (AvgIpc) is 2.57. The standard InChI is InChI=1S/C15H9F5O4S/c16-10-11(17)13(19)15(14(20)12(10)18)25(22,23)7-9(21)24-6-8-4-2-1-3-5-8/h1-5H,6-7H2. The summed E-state index contributed by atoms with van der Waals surface area (Å²) in [4.78, 5) is 9.49. The third-order valence-electron chi connectivity index (χ3n) is 3.03. The molecule has 0 radical (unpaired) electrons. The molecule has 0 aliphatic rings. The van der Waals surface area contributed by atoms with Gasteiger partial charge in [-0.2, -0.15) is 0 Å². The highest BCUT2D eigenvalue weighted by atomic mass is 32.2. The van der Waals surface area contributed by atoms with Gasteiger partial charge in [0.15, 0.2) is 38.9 Å². The zero-order valence-corrected chi connectivity index (χ0v) is 13.0. The first-order valence-electron chi connectivity index (χ1n) is 6.59. The van der Waals surface area contributed by atoms with E-state index >= 15 is 0 Å². The molecule has 0 saturated heterocycles. The Labute approximate surface area is 138 Å². The Bertz CT molecular complexity index is 884. The monoisotopic (exact) mass is 380 g/mol. The smallest absolute Gasteiger partial charge is 0.321 e. The van der Waals surface area contributed by atoms with Crippen LogP contribution < -0.4 is 0 Å². The predicted molar refractivity (Wildman–Crippen MR) is 74.5 cm³/mol. The van der Waals surface area contributed by atoms with E-state index in [1.807, 2.05) is 0 Å². The van der Waals surface area contributed by atoms with E-state index < -0.39 is 55.5 Å². The molecule has 4 nitrogen and oxygen atoms in total. The first-order chi connectivity index (χ1) is 11.6. The molecular weight excluding hydrogens is 371 g/mol. The van der Waals surface area contributed by atoms with Crippen molar-refractivity contribution in [3.63, 3.8) is 0 Å². The van der Waals surface area contributed by atoms with Crippen molar-refractivity contribution < 1.29 is 39.9 Å². The molecule has 0 heterocycles. The Morgan fingerprint density at radius 3 is 1.84 bits per heavy atom. The van der Waals surface area contributed by atoms with Crippen molar-refractivity contribution in [1.82, 2.24) is 0 Å². The highest BCUT2D eigenvalue weighted by Gasteiger charge is 2.35. The van der Waals surface area contributed by atoms with Gasteiger partial charge in [0.1, 0.15) is 11.5 Å². The summed E-state index contributed by atoms with van der Waals surface area (Å²) in [6.07, 6.45) is 0. The van der Waals surface area contributed by atoms with Crippen LogP contribution in [0.25, 0.3) is 0 Å². The summed E-state index contributed by atoms with van der Waals surface area (Å²) in [6, 6.07) is 8.04. The largest absolute Gasteiger partial charge is 0.460 e. The van der Waals surface area contributed by atoms with E-state index in [9.17, 15) is 35.2 Å². The van der Waals surface area contributed by atoms with Crippen LogP contribution in [0.1, 0.15) is 5.56 Å². The van der Waals surface area contributed by atoms with Crippen LogP contribution in [0.2, 0.25) is 0 Å². The molecule has 0 aliphatic carbocycles. The van der Waals surface area contributed by atoms with Crippen molar-refractivity contribution in [1.29, 1.82) is 0 Å². The molecule has 0 aromatic heterocycles. The minimum absolute atomic E-state index is 0.327. The molecule has 0 N–H and O–H groups in total. The van der Waals surface area contributed by atoms with Gasteiger partial charge in [0.2, 0.25) is 5.82 Å². The normalized spacial score (nSPS) is 11.4. The molecule has 0 unspecified atom stereocenters. The minimum atomic E-state index is -5.16. The Morgan fingerprint density at radius 1 is 0.840 bits per heavy atom. The van der Waals surface area contributed by atoms with Crippen LogP contribution in [0.5, 0.6) is 0 Å². The van der Waals surface area contributed by atoms with E-state index in [1.165, 1.54) is 0 Å². The summed E-state index contributed by atoms with van der Waals surface area (Å²) in [5, 5.41) is 0. The maximum atomic E-state index is 13.5. The highest BCUT2D eigenvalue weighted by molar-refractivity contribution is 7.92. The molecule has 10 heteroatoms. The lowest BCUT2D eigenvalue weighted by molar-refractivity contribution is -0.141. The number of esters is 1. The number of benzene rings is 2. The number of carbonyl (C=O) groups excluding carboxylic acids is 1. The number of carbonyl (C=O) groups is 1. The van der Waals surface area contributed by atoms with Crippen LogP contribution in [-0.4, -0.2) is 20.1 Å². The molecule has 2 rings (SSSR count). The van der Waals surface area contributed by atoms with Crippen molar-refractivity contribution in [2.45, 2.75) is 11.5 Å². The van der Waals surface area contributed by atoms with Crippen molar-refractivity contribution in [2.75, 3.05) is 5.75 Å². The third-order valence-corrected chi connectivity index (χ3v) is 4.63. The number of sulfone groups is 1. The average molecular weight is 380 g/mol. The predicted octanol–water partition coefficient (Wildman–Crippen LogP) is 2.90. The van der Waals surface area contributed by atoms with Gasteiger partial charge < -0.3 is 4.74 Å². The van der Waals surface area contributed by atoms with Crippen LogP contribution in [0.3, 0.4) is 0 Å². The Morgan fingerprint density at radius 2 is 1.32 bits per heavy atom. The zero-order valence-electron chi connectivity index (χ0n) is 12.2. The molecule has 0 saturated carbocycles. The number of hydrogen-bond donors (Lipinski definition) is 0. The van der Waals surface area contributed by atoms with Crippen molar-refractivity contribution in [3.8, 4) is 0 Å². The molecule has 0 fully saturated rings. The maximum absolute atomic E-state index is 13.5. The molecular formula is C15H9F5O4S. The SMILES string of the molecule is O=C(CS(=O)(=O)c1c(F)c(F)c(F)c(F)c1F)OCc1ccccc1.